The molecule has 0 unspecified atom stereocenters. The van der Waals surface area contributed by atoms with Gasteiger partial charge in [0.05, 0.1) is 16.8 Å². The quantitative estimate of drug-likeness (QED) is 0.903. The SMILES string of the molecule is CS(=O)(=O)N1CCN(c2ccc(C(=O)O)c(Cl)c2)CC1. The Morgan fingerprint density at radius 2 is 1.85 bits per heavy atom. The third-order valence-electron chi connectivity index (χ3n) is 3.26. The molecule has 0 amide bonds. The first-order valence-corrected chi connectivity index (χ1v) is 8.24. The van der Waals surface area contributed by atoms with Crippen LogP contribution in [0.4, 0.5) is 5.69 Å². The molecule has 0 aliphatic carbocycles. The van der Waals surface area contributed by atoms with Gasteiger partial charge in [-0.1, -0.05) is 11.6 Å². The van der Waals surface area contributed by atoms with Crippen LogP contribution >= 0.6 is 11.6 Å². The molecule has 0 aromatic heterocycles. The minimum Gasteiger partial charge on any atom is -0.478 e. The standard InChI is InChI=1S/C12H15ClN2O4S/c1-20(18,19)15-6-4-14(5-7-15)9-2-3-10(12(16)17)11(13)8-9/h2-3,8H,4-7H2,1H3,(H,16,17). The maximum atomic E-state index is 11.4. The van der Waals surface area contributed by atoms with Gasteiger partial charge in [0.15, 0.2) is 0 Å². The number of anilines is 1. The molecule has 20 heavy (non-hydrogen) atoms. The average molecular weight is 319 g/mol. The predicted molar refractivity (Wildman–Crippen MR) is 77.0 cm³/mol. The molecule has 1 heterocycles. The molecule has 0 atom stereocenters. The largest absolute Gasteiger partial charge is 0.478 e. The summed E-state index contributed by atoms with van der Waals surface area (Å²) in [5, 5.41) is 9.10. The van der Waals surface area contributed by atoms with Gasteiger partial charge in [-0.05, 0) is 18.2 Å². The van der Waals surface area contributed by atoms with Crippen LogP contribution in [0.1, 0.15) is 10.4 Å². The number of halogens is 1. The second kappa shape index (κ2) is 5.59. The van der Waals surface area contributed by atoms with Gasteiger partial charge in [-0.2, -0.15) is 4.31 Å². The summed E-state index contributed by atoms with van der Waals surface area (Å²) in [5.74, 6) is -1.07. The number of hydrogen-bond donors (Lipinski definition) is 1. The highest BCUT2D eigenvalue weighted by Crippen LogP contribution is 2.25. The number of rotatable bonds is 3. The first-order chi connectivity index (χ1) is 9.29. The van der Waals surface area contributed by atoms with Crippen LogP contribution in [0.3, 0.4) is 0 Å². The Kier molecular flexibility index (Phi) is 4.22. The lowest BCUT2D eigenvalue weighted by atomic mass is 10.2. The summed E-state index contributed by atoms with van der Waals surface area (Å²) in [6.45, 7) is 1.93. The highest BCUT2D eigenvalue weighted by Gasteiger charge is 2.24. The number of carboxylic acid groups (broad SMARTS) is 1. The number of benzene rings is 1. The summed E-state index contributed by atoms with van der Waals surface area (Å²) < 4.78 is 24.3. The highest BCUT2D eigenvalue weighted by molar-refractivity contribution is 7.88. The van der Waals surface area contributed by atoms with Crippen LogP contribution in [0.2, 0.25) is 5.02 Å². The first kappa shape index (κ1) is 15.1. The number of hydrogen-bond acceptors (Lipinski definition) is 4. The molecule has 1 N–H and O–H groups in total. The molecule has 2 rings (SSSR count). The number of carbonyl (C=O) groups is 1. The Bertz CT molecular complexity index is 624. The minimum atomic E-state index is -3.15. The molecule has 1 saturated heterocycles. The summed E-state index contributed by atoms with van der Waals surface area (Å²) in [6, 6.07) is 4.75. The number of sulfonamides is 1. The van der Waals surface area contributed by atoms with E-state index in [4.69, 9.17) is 16.7 Å². The van der Waals surface area contributed by atoms with Gasteiger partial charge in [0.1, 0.15) is 0 Å². The van der Waals surface area contributed by atoms with E-state index in [-0.39, 0.29) is 10.6 Å². The first-order valence-electron chi connectivity index (χ1n) is 6.02. The van der Waals surface area contributed by atoms with Crippen molar-refractivity contribution in [3.8, 4) is 0 Å². The van der Waals surface area contributed by atoms with E-state index < -0.39 is 16.0 Å². The molecule has 1 aliphatic rings. The molecule has 0 radical (unpaired) electrons. The maximum absolute atomic E-state index is 11.4. The monoisotopic (exact) mass is 318 g/mol. The van der Waals surface area contributed by atoms with E-state index in [0.717, 1.165) is 5.69 Å². The van der Waals surface area contributed by atoms with E-state index in [1.807, 2.05) is 4.90 Å². The second-order valence-electron chi connectivity index (χ2n) is 4.62. The molecule has 1 aromatic carbocycles. The highest BCUT2D eigenvalue weighted by atomic mass is 35.5. The van der Waals surface area contributed by atoms with Crippen molar-refractivity contribution in [3.05, 3.63) is 28.8 Å². The van der Waals surface area contributed by atoms with Crippen LogP contribution < -0.4 is 4.90 Å². The number of carboxylic acids is 1. The van der Waals surface area contributed by atoms with Gasteiger partial charge in [-0.3, -0.25) is 0 Å². The maximum Gasteiger partial charge on any atom is 0.337 e. The van der Waals surface area contributed by atoms with Crippen LogP contribution in [0.25, 0.3) is 0 Å². The lowest BCUT2D eigenvalue weighted by Crippen LogP contribution is -2.48. The number of nitrogens with zero attached hydrogens (tertiary/aromatic N) is 2. The van der Waals surface area contributed by atoms with Crippen molar-refractivity contribution in [1.29, 1.82) is 0 Å². The fourth-order valence-corrected chi connectivity index (χ4v) is 3.23. The number of aromatic carboxylic acids is 1. The van der Waals surface area contributed by atoms with E-state index in [0.29, 0.717) is 26.2 Å². The fourth-order valence-electron chi connectivity index (χ4n) is 2.15. The summed E-state index contributed by atoms with van der Waals surface area (Å²) in [5.41, 5.74) is 0.860. The Balaban J connectivity index is 2.11. The fraction of sp³-hybridized carbons (Fsp3) is 0.417. The second-order valence-corrected chi connectivity index (χ2v) is 7.01. The van der Waals surface area contributed by atoms with Gasteiger partial charge in [-0.25, -0.2) is 13.2 Å². The Morgan fingerprint density at radius 1 is 1.25 bits per heavy atom. The Morgan fingerprint density at radius 3 is 2.30 bits per heavy atom. The molecular formula is C12H15ClN2O4S. The smallest absolute Gasteiger partial charge is 0.337 e. The average Bonchev–Trinajstić information content (AvgIpc) is 2.37. The third-order valence-corrected chi connectivity index (χ3v) is 4.87. The molecule has 1 aliphatic heterocycles. The van der Waals surface area contributed by atoms with Crippen molar-refractivity contribution in [1.82, 2.24) is 4.31 Å². The van der Waals surface area contributed by atoms with Crippen molar-refractivity contribution in [3.63, 3.8) is 0 Å². The van der Waals surface area contributed by atoms with Gasteiger partial charge in [0, 0.05) is 31.9 Å². The van der Waals surface area contributed by atoms with E-state index in [1.54, 1.807) is 12.1 Å². The van der Waals surface area contributed by atoms with Gasteiger partial charge in [0.25, 0.3) is 0 Å². The lowest BCUT2D eigenvalue weighted by molar-refractivity contribution is 0.0697. The van der Waals surface area contributed by atoms with Crippen LogP contribution in [0, 0.1) is 0 Å². The summed E-state index contributed by atoms with van der Waals surface area (Å²) in [7, 11) is -3.15. The zero-order valence-corrected chi connectivity index (χ0v) is 12.5. The van der Waals surface area contributed by atoms with E-state index >= 15 is 0 Å². The molecule has 0 bridgehead atoms. The van der Waals surface area contributed by atoms with Crippen molar-refractivity contribution < 1.29 is 18.3 Å². The van der Waals surface area contributed by atoms with Gasteiger partial charge >= 0.3 is 5.97 Å². The number of piperazine rings is 1. The van der Waals surface area contributed by atoms with Crippen molar-refractivity contribution in [2.45, 2.75) is 0 Å². The van der Waals surface area contributed by atoms with Crippen LogP contribution in [0.5, 0.6) is 0 Å². The van der Waals surface area contributed by atoms with Gasteiger partial charge < -0.3 is 10.0 Å². The Labute approximate surface area is 122 Å². The topological polar surface area (TPSA) is 77.9 Å². The van der Waals surface area contributed by atoms with Crippen LogP contribution in [-0.2, 0) is 10.0 Å². The molecule has 8 heteroatoms. The molecule has 0 saturated carbocycles. The van der Waals surface area contributed by atoms with Crippen LogP contribution in [0.15, 0.2) is 18.2 Å². The van der Waals surface area contributed by atoms with Gasteiger partial charge in [0.2, 0.25) is 10.0 Å². The molecule has 6 nitrogen and oxygen atoms in total. The molecule has 1 aromatic rings. The van der Waals surface area contributed by atoms with Crippen molar-refractivity contribution in [2.24, 2.45) is 0 Å². The van der Waals surface area contributed by atoms with Crippen molar-refractivity contribution >= 4 is 33.3 Å². The predicted octanol–water partition coefficient (Wildman–Crippen LogP) is 1.12. The normalized spacial score (nSPS) is 17.2. The van der Waals surface area contributed by atoms with E-state index in [1.165, 1.54) is 16.6 Å². The third kappa shape index (κ3) is 3.23. The van der Waals surface area contributed by atoms with E-state index in [9.17, 15) is 13.2 Å². The summed E-state index contributed by atoms with van der Waals surface area (Å²) in [4.78, 5) is 12.9. The summed E-state index contributed by atoms with van der Waals surface area (Å²) in [6.07, 6.45) is 1.20. The van der Waals surface area contributed by atoms with E-state index in [2.05, 4.69) is 0 Å². The van der Waals surface area contributed by atoms with Gasteiger partial charge in [-0.15, -0.1) is 0 Å². The summed E-state index contributed by atoms with van der Waals surface area (Å²) >= 11 is 5.93. The van der Waals surface area contributed by atoms with Crippen LogP contribution in [-0.4, -0.2) is 56.2 Å². The zero-order chi connectivity index (χ0) is 14.9. The minimum absolute atomic E-state index is 0.0604. The molecular weight excluding hydrogens is 304 g/mol. The Hall–Kier alpha value is -1.31. The van der Waals surface area contributed by atoms with Crippen molar-refractivity contribution in [2.75, 3.05) is 37.3 Å². The zero-order valence-electron chi connectivity index (χ0n) is 10.9. The molecule has 110 valence electrons. The molecule has 0 spiro atoms. The molecule has 1 fully saturated rings. The lowest BCUT2D eigenvalue weighted by Gasteiger charge is -2.34.